The molecule has 0 radical (unpaired) electrons. The minimum absolute atomic E-state index is 0.149. The van der Waals surface area contributed by atoms with E-state index >= 15 is 0 Å². The third kappa shape index (κ3) is 7.03. The maximum absolute atomic E-state index is 13.4. The molecular formula is C30H35N3O3. The van der Waals surface area contributed by atoms with E-state index in [9.17, 15) is 9.59 Å². The van der Waals surface area contributed by atoms with Gasteiger partial charge in [0, 0.05) is 49.9 Å². The monoisotopic (exact) mass is 485 g/mol. The maximum Gasteiger partial charge on any atom is 0.321 e. The average Bonchev–Trinajstić information content (AvgIpc) is 2.93. The average molecular weight is 486 g/mol. The van der Waals surface area contributed by atoms with E-state index in [1.54, 1.807) is 6.07 Å². The van der Waals surface area contributed by atoms with Gasteiger partial charge in [-0.15, -0.1) is 0 Å². The van der Waals surface area contributed by atoms with Crippen LogP contribution in [0.15, 0.2) is 78.9 Å². The van der Waals surface area contributed by atoms with Gasteiger partial charge in [0.2, 0.25) is 0 Å². The number of nitrogens with one attached hydrogen (secondary N) is 1. The van der Waals surface area contributed by atoms with Gasteiger partial charge >= 0.3 is 6.03 Å². The van der Waals surface area contributed by atoms with Gasteiger partial charge in [-0.25, -0.2) is 4.79 Å². The molecule has 36 heavy (non-hydrogen) atoms. The normalized spacial score (nSPS) is 13.9. The molecule has 1 saturated heterocycles. The van der Waals surface area contributed by atoms with Crippen molar-refractivity contribution in [2.24, 2.45) is 0 Å². The summed E-state index contributed by atoms with van der Waals surface area (Å²) in [4.78, 5) is 29.1. The minimum atomic E-state index is -0.149. The summed E-state index contributed by atoms with van der Waals surface area (Å²) in [7, 11) is 0. The molecule has 1 N–H and O–H groups in total. The molecule has 3 aromatic carbocycles. The number of hydrogen-bond acceptors (Lipinski definition) is 4. The SMILES string of the molecule is Cc1ccc(NC(=O)N(CCC(c2ccccc2)c2ccccc2)CCN2CCOCC2)cc1C=O. The number of hydrogen-bond donors (Lipinski definition) is 1. The zero-order chi connectivity index (χ0) is 25.2. The van der Waals surface area contributed by atoms with E-state index in [-0.39, 0.29) is 11.9 Å². The highest BCUT2D eigenvalue weighted by Crippen LogP contribution is 2.28. The van der Waals surface area contributed by atoms with Gasteiger partial charge in [0.15, 0.2) is 0 Å². The molecule has 0 saturated carbocycles. The summed E-state index contributed by atoms with van der Waals surface area (Å²) in [5.41, 5.74) is 4.59. The Balaban J connectivity index is 1.50. The third-order valence-electron chi connectivity index (χ3n) is 6.83. The van der Waals surface area contributed by atoms with Gasteiger partial charge < -0.3 is 15.0 Å². The summed E-state index contributed by atoms with van der Waals surface area (Å²) in [6, 6.07) is 26.2. The number of benzene rings is 3. The van der Waals surface area contributed by atoms with Crippen molar-refractivity contribution in [2.45, 2.75) is 19.3 Å². The lowest BCUT2D eigenvalue weighted by Gasteiger charge is -2.31. The Hall–Kier alpha value is -3.48. The van der Waals surface area contributed by atoms with Crippen LogP contribution in [0.25, 0.3) is 0 Å². The molecule has 0 aromatic heterocycles. The summed E-state index contributed by atoms with van der Waals surface area (Å²) in [6.07, 6.45) is 1.63. The molecule has 2 amide bonds. The molecule has 188 valence electrons. The van der Waals surface area contributed by atoms with Crippen LogP contribution < -0.4 is 5.32 Å². The predicted octanol–water partition coefficient (Wildman–Crippen LogP) is 5.20. The van der Waals surface area contributed by atoms with Crippen LogP contribution in [-0.2, 0) is 4.74 Å². The Morgan fingerprint density at radius 2 is 1.61 bits per heavy atom. The van der Waals surface area contributed by atoms with Crippen LogP contribution in [0.4, 0.5) is 10.5 Å². The highest BCUT2D eigenvalue weighted by Gasteiger charge is 2.21. The number of carbonyl (C=O) groups is 2. The molecule has 1 fully saturated rings. The van der Waals surface area contributed by atoms with Crippen molar-refractivity contribution in [3.05, 3.63) is 101 Å². The number of morpholine rings is 1. The fourth-order valence-corrected chi connectivity index (χ4v) is 4.63. The third-order valence-corrected chi connectivity index (χ3v) is 6.83. The molecule has 6 heteroatoms. The van der Waals surface area contributed by atoms with Gasteiger partial charge in [0.25, 0.3) is 0 Å². The zero-order valence-electron chi connectivity index (χ0n) is 20.9. The number of amides is 2. The lowest BCUT2D eigenvalue weighted by Crippen LogP contribution is -2.44. The van der Waals surface area contributed by atoms with Crippen LogP contribution in [-0.4, -0.2) is 68.1 Å². The summed E-state index contributed by atoms with van der Waals surface area (Å²) in [5.74, 6) is 0.187. The number of carbonyl (C=O) groups excluding carboxylic acids is 2. The second kappa shape index (κ2) is 13.0. The number of aryl methyl sites for hydroxylation is 1. The van der Waals surface area contributed by atoms with Gasteiger partial charge in [-0.3, -0.25) is 9.69 Å². The van der Waals surface area contributed by atoms with Gasteiger partial charge in [-0.05, 0) is 42.2 Å². The number of aldehydes is 1. The summed E-state index contributed by atoms with van der Waals surface area (Å²) < 4.78 is 5.48. The van der Waals surface area contributed by atoms with E-state index in [2.05, 4.69) is 58.7 Å². The molecule has 0 atom stereocenters. The molecular weight excluding hydrogens is 450 g/mol. The van der Waals surface area contributed by atoms with Crippen LogP contribution in [0, 0.1) is 6.92 Å². The quantitative estimate of drug-likeness (QED) is 0.401. The van der Waals surface area contributed by atoms with E-state index in [1.165, 1.54) is 11.1 Å². The van der Waals surface area contributed by atoms with Crippen molar-refractivity contribution in [1.82, 2.24) is 9.80 Å². The predicted molar refractivity (Wildman–Crippen MR) is 144 cm³/mol. The molecule has 1 aliphatic rings. The minimum Gasteiger partial charge on any atom is -0.379 e. The number of urea groups is 1. The van der Waals surface area contributed by atoms with E-state index in [0.717, 1.165) is 51.1 Å². The summed E-state index contributed by atoms with van der Waals surface area (Å²) in [6.45, 7) is 7.14. The Morgan fingerprint density at radius 3 is 2.22 bits per heavy atom. The van der Waals surface area contributed by atoms with Crippen molar-refractivity contribution in [1.29, 1.82) is 0 Å². The van der Waals surface area contributed by atoms with Crippen molar-refractivity contribution < 1.29 is 14.3 Å². The first kappa shape index (κ1) is 25.6. The summed E-state index contributed by atoms with van der Waals surface area (Å²) >= 11 is 0. The zero-order valence-corrected chi connectivity index (χ0v) is 20.9. The van der Waals surface area contributed by atoms with Gasteiger partial charge in [-0.1, -0.05) is 66.7 Å². The van der Waals surface area contributed by atoms with E-state index < -0.39 is 0 Å². The number of anilines is 1. The molecule has 4 rings (SSSR count). The van der Waals surface area contributed by atoms with Crippen molar-refractivity contribution in [3.63, 3.8) is 0 Å². The fourth-order valence-electron chi connectivity index (χ4n) is 4.63. The van der Waals surface area contributed by atoms with Crippen molar-refractivity contribution >= 4 is 18.0 Å². The highest BCUT2D eigenvalue weighted by atomic mass is 16.5. The maximum atomic E-state index is 13.4. The Kier molecular flexibility index (Phi) is 9.25. The van der Waals surface area contributed by atoms with E-state index in [0.29, 0.717) is 24.3 Å². The first-order valence-corrected chi connectivity index (χ1v) is 12.7. The first-order chi connectivity index (χ1) is 17.6. The Labute approximate surface area is 213 Å². The van der Waals surface area contributed by atoms with Gasteiger partial charge in [0.1, 0.15) is 6.29 Å². The van der Waals surface area contributed by atoms with Crippen LogP contribution in [0.1, 0.15) is 39.4 Å². The lowest BCUT2D eigenvalue weighted by atomic mass is 9.88. The molecule has 0 aliphatic carbocycles. The standard InChI is InChI=1S/C30H35N3O3/c1-24-12-13-28(22-27(24)23-34)31-30(35)33(17-16-32-18-20-36-21-19-32)15-14-29(25-8-4-2-5-9-25)26-10-6-3-7-11-26/h2-13,22-23,29H,14-21H2,1H3,(H,31,35). The molecule has 0 bridgehead atoms. The van der Waals surface area contributed by atoms with Gasteiger partial charge in [-0.2, -0.15) is 0 Å². The summed E-state index contributed by atoms with van der Waals surface area (Å²) in [5, 5.41) is 3.02. The van der Waals surface area contributed by atoms with Crippen LogP contribution >= 0.6 is 0 Å². The molecule has 1 heterocycles. The highest BCUT2D eigenvalue weighted by molar-refractivity contribution is 5.91. The molecule has 1 aliphatic heterocycles. The van der Waals surface area contributed by atoms with E-state index in [1.807, 2.05) is 36.1 Å². The number of ether oxygens (including phenoxy) is 1. The van der Waals surface area contributed by atoms with Crippen LogP contribution in [0.3, 0.4) is 0 Å². The van der Waals surface area contributed by atoms with Crippen LogP contribution in [0.5, 0.6) is 0 Å². The van der Waals surface area contributed by atoms with E-state index in [4.69, 9.17) is 4.74 Å². The second-order valence-corrected chi connectivity index (χ2v) is 9.22. The molecule has 0 spiro atoms. The van der Waals surface area contributed by atoms with Gasteiger partial charge in [0.05, 0.1) is 13.2 Å². The lowest BCUT2D eigenvalue weighted by molar-refractivity contribution is 0.0351. The fraction of sp³-hybridized carbons (Fsp3) is 0.333. The molecule has 3 aromatic rings. The largest absolute Gasteiger partial charge is 0.379 e. The molecule has 0 unspecified atom stereocenters. The number of nitrogens with zero attached hydrogens (tertiary/aromatic N) is 2. The second-order valence-electron chi connectivity index (χ2n) is 9.22. The topological polar surface area (TPSA) is 61.9 Å². The number of rotatable bonds is 10. The first-order valence-electron chi connectivity index (χ1n) is 12.7. The van der Waals surface area contributed by atoms with Crippen molar-refractivity contribution in [2.75, 3.05) is 51.3 Å². The van der Waals surface area contributed by atoms with Crippen LogP contribution in [0.2, 0.25) is 0 Å². The Morgan fingerprint density at radius 1 is 0.972 bits per heavy atom. The van der Waals surface area contributed by atoms with Crippen molar-refractivity contribution in [3.8, 4) is 0 Å². The smallest absolute Gasteiger partial charge is 0.321 e. The Bertz CT molecular complexity index is 1080. The molecule has 6 nitrogen and oxygen atoms in total.